The third-order valence-corrected chi connectivity index (χ3v) is 7.52. The molecule has 0 unspecified atom stereocenters. The molecule has 1 heterocycles. The van der Waals surface area contributed by atoms with Crippen LogP contribution in [0.5, 0.6) is 5.75 Å². The predicted molar refractivity (Wildman–Crippen MR) is 118 cm³/mol. The molecule has 0 radical (unpaired) electrons. The summed E-state index contributed by atoms with van der Waals surface area (Å²) in [5, 5.41) is 0.314. The van der Waals surface area contributed by atoms with Gasteiger partial charge in [0.2, 0.25) is 15.9 Å². The van der Waals surface area contributed by atoms with Crippen molar-refractivity contribution in [1.82, 2.24) is 9.21 Å². The van der Waals surface area contributed by atoms with Crippen LogP contribution in [0.2, 0.25) is 10.0 Å². The molecule has 10 heteroatoms. The van der Waals surface area contributed by atoms with Gasteiger partial charge in [0.1, 0.15) is 10.6 Å². The van der Waals surface area contributed by atoms with E-state index in [0.29, 0.717) is 26.2 Å². The first-order chi connectivity index (χ1) is 14.2. The summed E-state index contributed by atoms with van der Waals surface area (Å²) in [5.74, 6) is 0.514. The molecule has 2 aromatic rings. The Morgan fingerprint density at radius 2 is 1.77 bits per heavy atom. The molecule has 1 aliphatic heterocycles. The molecule has 162 valence electrons. The molecule has 1 amide bonds. The van der Waals surface area contributed by atoms with Crippen LogP contribution < -0.4 is 9.64 Å². The van der Waals surface area contributed by atoms with E-state index in [1.807, 2.05) is 24.3 Å². The van der Waals surface area contributed by atoms with Crippen molar-refractivity contribution in [2.45, 2.75) is 4.90 Å². The number of piperazine rings is 1. The van der Waals surface area contributed by atoms with Crippen molar-refractivity contribution in [2.24, 2.45) is 0 Å². The normalized spacial score (nSPS) is 14.8. The van der Waals surface area contributed by atoms with Gasteiger partial charge >= 0.3 is 0 Å². The highest BCUT2D eigenvalue weighted by molar-refractivity contribution is 7.89. The van der Waals surface area contributed by atoms with Crippen LogP contribution in [0.4, 0.5) is 5.69 Å². The van der Waals surface area contributed by atoms with Gasteiger partial charge in [0.05, 0.1) is 24.4 Å². The number of carbonyl (C=O) groups excluding carboxylic acids is 1. The standard InChI is InChI=1S/C20H23Cl2N3O4S/c1-23(30(27,28)19-13-15(21)7-8-16(19)22)14-20(26)25-11-9-24(10-12-25)17-5-3-4-6-18(17)29-2/h3-8,13H,9-12,14H2,1-2H3. The van der Waals surface area contributed by atoms with E-state index in [4.69, 9.17) is 27.9 Å². The van der Waals surface area contributed by atoms with Crippen LogP contribution in [0.1, 0.15) is 0 Å². The molecule has 0 spiro atoms. The van der Waals surface area contributed by atoms with E-state index in [1.54, 1.807) is 12.0 Å². The topological polar surface area (TPSA) is 70.2 Å². The minimum absolute atomic E-state index is 0.0594. The van der Waals surface area contributed by atoms with Crippen LogP contribution in [-0.2, 0) is 14.8 Å². The highest BCUT2D eigenvalue weighted by atomic mass is 35.5. The number of hydrogen-bond acceptors (Lipinski definition) is 5. The summed E-state index contributed by atoms with van der Waals surface area (Å²) in [5.41, 5.74) is 0.974. The van der Waals surface area contributed by atoms with Crippen LogP contribution in [0, 0.1) is 0 Å². The average Bonchev–Trinajstić information content (AvgIpc) is 2.75. The van der Waals surface area contributed by atoms with Gasteiger partial charge in [-0.2, -0.15) is 4.31 Å². The van der Waals surface area contributed by atoms with E-state index in [2.05, 4.69) is 4.90 Å². The molecular weight excluding hydrogens is 449 g/mol. The highest BCUT2D eigenvalue weighted by Gasteiger charge is 2.29. The van der Waals surface area contributed by atoms with E-state index in [9.17, 15) is 13.2 Å². The Morgan fingerprint density at radius 3 is 2.43 bits per heavy atom. The molecule has 0 saturated carbocycles. The predicted octanol–water partition coefficient (Wildman–Crippen LogP) is 2.97. The fourth-order valence-electron chi connectivity index (χ4n) is 3.31. The molecule has 1 fully saturated rings. The first-order valence-corrected chi connectivity index (χ1v) is 11.5. The Hall–Kier alpha value is -2.00. The molecule has 30 heavy (non-hydrogen) atoms. The van der Waals surface area contributed by atoms with Crippen molar-refractivity contribution < 1.29 is 17.9 Å². The summed E-state index contributed by atoms with van der Waals surface area (Å²) >= 11 is 11.9. The fourth-order valence-corrected chi connectivity index (χ4v) is 5.16. The number of sulfonamides is 1. The second-order valence-electron chi connectivity index (χ2n) is 6.88. The van der Waals surface area contributed by atoms with Gasteiger partial charge in [-0.05, 0) is 30.3 Å². The van der Waals surface area contributed by atoms with Gasteiger partial charge in [-0.3, -0.25) is 4.79 Å². The number of methoxy groups -OCH3 is 1. The van der Waals surface area contributed by atoms with Crippen molar-refractivity contribution >= 4 is 44.8 Å². The number of rotatable bonds is 6. The number of amides is 1. The third-order valence-electron chi connectivity index (χ3n) is 5.00. The van der Waals surface area contributed by atoms with E-state index in [0.717, 1.165) is 15.7 Å². The zero-order valence-electron chi connectivity index (χ0n) is 16.7. The second-order valence-corrected chi connectivity index (χ2v) is 9.73. The first-order valence-electron chi connectivity index (χ1n) is 9.31. The molecule has 0 bridgehead atoms. The number of hydrogen-bond donors (Lipinski definition) is 0. The SMILES string of the molecule is COc1ccccc1N1CCN(C(=O)CN(C)S(=O)(=O)c2cc(Cl)ccc2Cl)CC1. The minimum atomic E-state index is -3.95. The lowest BCUT2D eigenvalue weighted by atomic mass is 10.2. The fraction of sp³-hybridized carbons (Fsp3) is 0.350. The molecule has 0 atom stereocenters. The Morgan fingerprint density at radius 1 is 1.10 bits per heavy atom. The maximum absolute atomic E-state index is 12.8. The van der Waals surface area contributed by atoms with Crippen LogP contribution in [0.3, 0.4) is 0 Å². The molecule has 1 saturated heterocycles. The lowest BCUT2D eigenvalue weighted by molar-refractivity contribution is -0.131. The summed E-state index contributed by atoms with van der Waals surface area (Å²) in [4.78, 5) is 16.4. The Balaban J connectivity index is 1.63. The number of likely N-dealkylation sites (N-methyl/N-ethyl adjacent to an activating group) is 1. The molecule has 3 rings (SSSR count). The zero-order valence-corrected chi connectivity index (χ0v) is 19.0. The van der Waals surface area contributed by atoms with Gasteiger partial charge in [0.15, 0.2) is 0 Å². The van der Waals surface area contributed by atoms with Crippen LogP contribution in [0.15, 0.2) is 47.4 Å². The number of halogens is 2. The van der Waals surface area contributed by atoms with E-state index < -0.39 is 10.0 Å². The zero-order chi connectivity index (χ0) is 21.9. The summed E-state index contributed by atoms with van der Waals surface area (Å²) in [6.45, 7) is 1.95. The van der Waals surface area contributed by atoms with Crippen molar-refractivity contribution in [2.75, 3.05) is 51.8 Å². The highest BCUT2D eigenvalue weighted by Crippen LogP contribution is 2.29. The average molecular weight is 472 g/mol. The Kier molecular flexibility index (Phi) is 7.13. The molecular formula is C20H23Cl2N3O4S. The monoisotopic (exact) mass is 471 g/mol. The van der Waals surface area contributed by atoms with Gasteiger partial charge < -0.3 is 14.5 Å². The van der Waals surface area contributed by atoms with E-state index >= 15 is 0 Å². The molecule has 2 aromatic carbocycles. The lowest BCUT2D eigenvalue weighted by Gasteiger charge is -2.37. The van der Waals surface area contributed by atoms with Crippen LogP contribution in [0.25, 0.3) is 0 Å². The summed E-state index contributed by atoms with van der Waals surface area (Å²) in [6, 6.07) is 11.9. The van der Waals surface area contributed by atoms with Gasteiger partial charge in [0.25, 0.3) is 0 Å². The van der Waals surface area contributed by atoms with E-state index in [1.165, 1.54) is 25.2 Å². The third kappa shape index (κ3) is 4.83. The summed E-state index contributed by atoms with van der Waals surface area (Å²) < 4.78 is 32.0. The summed E-state index contributed by atoms with van der Waals surface area (Å²) in [6.07, 6.45) is 0. The van der Waals surface area contributed by atoms with Crippen molar-refractivity contribution in [3.63, 3.8) is 0 Å². The largest absolute Gasteiger partial charge is 0.495 e. The number of benzene rings is 2. The number of nitrogens with zero attached hydrogens (tertiary/aromatic N) is 3. The smallest absolute Gasteiger partial charge is 0.244 e. The molecule has 0 aliphatic carbocycles. The van der Waals surface area contributed by atoms with Crippen LogP contribution in [-0.4, -0.2) is 70.4 Å². The Labute approximate surface area is 186 Å². The summed E-state index contributed by atoms with van der Waals surface area (Å²) in [7, 11) is -0.963. The van der Waals surface area contributed by atoms with Crippen LogP contribution >= 0.6 is 23.2 Å². The van der Waals surface area contributed by atoms with Gasteiger partial charge in [0, 0.05) is 38.2 Å². The van der Waals surface area contributed by atoms with Gasteiger partial charge in [-0.15, -0.1) is 0 Å². The van der Waals surface area contributed by atoms with Gasteiger partial charge in [-0.1, -0.05) is 35.3 Å². The maximum atomic E-state index is 12.8. The first kappa shape index (κ1) is 22.7. The number of para-hydroxylation sites is 2. The quantitative estimate of drug-likeness (QED) is 0.647. The second kappa shape index (κ2) is 9.43. The molecule has 0 aromatic heterocycles. The van der Waals surface area contributed by atoms with Crippen molar-refractivity contribution in [1.29, 1.82) is 0 Å². The molecule has 1 aliphatic rings. The number of carbonyl (C=O) groups is 1. The van der Waals surface area contributed by atoms with Gasteiger partial charge in [-0.25, -0.2) is 8.42 Å². The lowest BCUT2D eigenvalue weighted by Crippen LogP contribution is -2.51. The minimum Gasteiger partial charge on any atom is -0.495 e. The molecule has 0 N–H and O–H groups in total. The molecule has 7 nitrogen and oxygen atoms in total. The van der Waals surface area contributed by atoms with E-state index in [-0.39, 0.29) is 27.4 Å². The number of anilines is 1. The Bertz CT molecular complexity index is 1020. The van der Waals surface area contributed by atoms with Crippen molar-refractivity contribution in [3.8, 4) is 5.75 Å². The maximum Gasteiger partial charge on any atom is 0.244 e. The van der Waals surface area contributed by atoms with Crippen molar-refractivity contribution in [3.05, 3.63) is 52.5 Å². The number of ether oxygens (including phenoxy) is 1.